The van der Waals surface area contributed by atoms with Gasteiger partial charge in [0.25, 0.3) is 0 Å². The van der Waals surface area contributed by atoms with Gasteiger partial charge in [-0.05, 0) is 43.2 Å². The fraction of sp³-hybridized carbons (Fsp3) is 0.333. The third-order valence-corrected chi connectivity index (χ3v) is 7.10. The lowest BCUT2D eigenvalue weighted by Crippen LogP contribution is -2.29. The van der Waals surface area contributed by atoms with E-state index in [2.05, 4.69) is 83.8 Å². The molecule has 0 amide bonds. The van der Waals surface area contributed by atoms with Gasteiger partial charge in [-0.25, -0.2) is 0 Å². The SMILES string of the molecule is Cc1cc([C@H]2[C@H](c3ccccn3)N=C3S[C@@H](C)CN32)c(C)n1Cc1ccccc1. The van der Waals surface area contributed by atoms with Gasteiger partial charge in [-0.2, -0.15) is 0 Å². The molecule has 0 radical (unpaired) electrons. The van der Waals surface area contributed by atoms with Crippen molar-refractivity contribution in [1.82, 2.24) is 14.5 Å². The summed E-state index contributed by atoms with van der Waals surface area (Å²) in [5.41, 5.74) is 6.40. The van der Waals surface area contributed by atoms with E-state index in [1.54, 1.807) is 0 Å². The summed E-state index contributed by atoms with van der Waals surface area (Å²) in [6.45, 7) is 8.70. The van der Waals surface area contributed by atoms with Gasteiger partial charge >= 0.3 is 0 Å². The zero-order valence-corrected chi connectivity index (χ0v) is 17.9. The molecule has 29 heavy (non-hydrogen) atoms. The zero-order chi connectivity index (χ0) is 20.0. The Morgan fingerprint density at radius 1 is 1.07 bits per heavy atom. The average molecular weight is 403 g/mol. The molecule has 1 aromatic carbocycles. The number of benzene rings is 1. The summed E-state index contributed by atoms with van der Waals surface area (Å²) in [6, 6.07) is 19.5. The first-order chi connectivity index (χ1) is 14.1. The highest BCUT2D eigenvalue weighted by atomic mass is 32.2. The fourth-order valence-electron chi connectivity index (χ4n) is 4.59. The second-order valence-electron chi connectivity index (χ2n) is 8.03. The number of rotatable bonds is 4. The highest BCUT2D eigenvalue weighted by molar-refractivity contribution is 8.14. The Bertz CT molecular complexity index is 1040. The first-order valence-electron chi connectivity index (χ1n) is 10.2. The number of amidine groups is 1. The number of aliphatic imine (C=N–C) groups is 1. The minimum atomic E-state index is 0.0527. The summed E-state index contributed by atoms with van der Waals surface area (Å²) in [4.78, 5) is 12.3. The van der Waals surface area contributed by atoms with Gasteiger partial charge in [0.2, 0.25) is 0 Å². The van der Waals surface area contributed by atoms with E-state index in [0.717, 1.165) is 18.8 Å². The number of pyridine rings is 1. The van der Waals surface area contributed by atoms with Gasteiger partial charge in [-0.3, -0.25) is 9.98 Å². The normalized spacial score (nSPS) is 23.3. The summed E-state index contributed by atoms with van der Waals surface area (Å²) in [7, 11) is 0. The lowest BCUT2D eigenvalue weighted by molar-refractivity contribution is 0.320. The molecule has 2 aliphatic rings. The highest BCUT2D eigenvalue weighted by Gasteiger charge is 2.44. The summed E-state index contributed by atoms with van der Waals surface area (Å²) in [5, 5.41) is 1.75. The third kappa shape index (κ3) is 3.27. The molecule has 148 valence electrons. The van der Waals surface area contributed by atoms with E-state index in [0.29, 0.717) is 5.25 Å². The van der Waals surface area contributed by atoms with Crippen LogP contribution in [0.3, 0.4) is 0 Å². The molecule has 0 unspecified atom stereocenters. The van der Waals surface area contributed by atoms with Crippen molar-refractivity contribution >= 4 is 16.9 Å². The number of hydrogen-bond acceptors (Lipinski definition) is 4. The molecule has 0 aliphatic carbocycles. The maximum Gasteiger partial charge on any atom is 0.160 e. The predicted molar refractivity (Wildman–Crippen MR) is 120 cm³/mol. The molecule has 2 aliphatic heterocycles. The Labute approximate surface area is 176 Å². The molecule has 4 heterocycles. The molecule has 3 aromatic rings. The van der Waals surface area contributed by atoms with Gasteiger partial charge in [0.05, 0.1) is 11.7 Å². The van der Waals surface area contributed by atoms with Gasteiger partial charge in [-0.15, -0.1) is 0 Å². The second kappa shape index (κ2) is 7.38. The zero-order valence-electron chi connectivity index (χ0n) is 17.1. The summed E-state index contributed by atoms with van der Waals surface area (Å²) < 4.78 is 2.44. The third-order valence-electron chi connectivity index (χ3n) is 6.00. The maximum absolute atomic E-state index is 5.13. The topological polar surface area (TPSA) is 33.4 Å². The maximum atomic E-state index is 5.13. The molecule has 0 bridgehead atoms. The van der Waals surface area contributed by atoms with Crippen LogP contribution in [-0.4, -0.2) is 31.4 Å². The van der Waals surface area contributed by atoms with Crippen molar-refractivity contribution < 1.29 is 0 Å². The number of nitrogens with zero attached hydrogens (tertiary/aromatic N) is 4. The summed E-state index contributed by atoms with van der Waals surface area (Å²) in [5.74, 6) is 0. The van der Waals surface area contributed by atoms with E-state index in [1.807, 2.05) is 24.0 Å². The van der Waals surface area contributed by atoms with Gasteiger partial charge in [0.1, 0.15) is 6.04 Å². The van der Waals surface area contributed by atoms with Crippen LogP contribution >= 0.6 is 11.8 Å². The van der Waals surface area contributed by atoms with Crippen LogP contribution in [0.25, 0.3) is 0 Å². The van der Waals surface area contributed by atoms with Crippen LogP contribution in [0.5, 0.6) is 0 Å². The van der Waals surface area contributed by atoms with Crippen molar-refractivity contribution in [3.63, 3.8) is 0 Å². The number of aromatic nitrogens is 2. The van der Waals surface area contributed by atoms with Gasteiger partial charge < -0.3 is 9.47 Å². The predicted octanol–water partition coefficient (Wildman–Crippen LogP) is 5.14. The first kappa shape index (κ1) is 18.5. The summed E-state index contributed by atoms with van der Waals surface area (Å²) >= 11 is 1.89. The highest BCUT2D eigenvalue weighted by Crippen LogP contribution is 2.48. The molecule has 3 atom stereocenters. The van der Waals surface area contributed by atoms with Crippen LogP contribution in [-0.2, 0) is 6.54 Å². The number of fused-ring (bicyclic) bond motifs is 1. The monoisotopic (exact) mass is 402 g/mol. The first-order valence-corrected chi connectivity index (χ1v) is 11.1. The lowest BCUT2D eigenvalue weighted by atomic mass is 9.96. The van der Waals surface area contributed by atoms with Gasteiger partial charge in [0, 0.05) is 35.9 Å². The molecule has 0 spiro atoms. The second-order valence-corrected chi connectivity index (χ2v) is 9.44. The van der Waals surface area contributed by atoms with Crippen LogP contribution in [0, 0.1) is 13.8 Å². The number of aryl methyl sites for hydroxylation is 1. The van der Waals surface area contributed by atoms with Crippen molar-refractivity contribution in [2.45, 2.75) is 44.6 Å². The van der Waals surface area contributed by atoms with E-state index >= 15 is 0 Å². The smallest absolute Gasteiger partial charge is 0.160 e. The average Bonchev–Trinajstić information content (AvgIpc) is 3.35. The molecule has 0 saturated carbocycles. The minimum absolute atomic E-state index is 0.0527. The Balaban J connectivity index is 1.55. The van der Waals surface area contributed by atoms with E-state index in [1.165, 1.54) is 27.7 Å². The number of thioether (sulfide) groups is 1. The van der Waals surface area contributed by atoms with Crippen molar-refractivity contribution in [1.29, 1.82) is 0 Å². The molecule has 1 saturated heterocycles. The Hall–Kier alpha value is -2.53. The van der Waals surface area contributed by atoms with Crippen molar-refractivity contribution in [3.05, 3.63) is 89.0 Å². The number of hydrogen-bond donors (Lipinski definition) is 0. The van der Waals surface area contributed by atoms with E-state index in [-0.39, 0.29) is 12.1 Å². The van der Waals surface area contributed by atoms with E-state index in [4.69, 9.17) is 4.99 Å². The Kier molecular flexibility index (Phi) is 4.70. The quantitative estimate of drug-likeness (QED) is 0.606. The van der Waals surface area contributed by atoms with Gasteiger partial charge in [-0.1, -0.05) is 55.1 Å². The van der Waals surface area contributed by atoms with Crippen LogP contribution in [0.2, 0.25) is 0 Å². The molecule has 5 heteroatoms. The standard InChI is InChI=1S/C24H26N4S/c1-16-13-20(18(3)27(16)15-19-9-5-4-6-10-19)23-22(21-11-7-8-12-25-21)26-24-28(23)14-17(2)29-24/h4-13,17,22-23H,14-15H2,1-3H3/t17-,22-,23-/m0/s1. The van der Waals surface area contributed by atoms with E-state index in [9.17, 15) is 0 Å². The molecule has 1 fully saturated rings. The Morgan fingerprint density at radius 2 is 1.86 bits per heavy atom. The minimum Gasteiger partial charge on any atom is -0.344 e. The van der Waals surface area contributed by atoms with Crippen molar-refractivity contribution in [2.24, 2.45) is 4.99 Å². The van der Waals surface area contributed by atoms with E-state index < -0.39 is 0 Å². The molecular weight excluding hydrogens is 376 g/mol. The molecular formula is C24H26N4S. The molecule has 0 N–H and O–H groups in total. The largest absolute Gasteiger partial charge is 0.344 e. The van der Waals surface area contributed by atoms with Crippen LogP contribution in [0.4, 0.5) is 0 Å². The van der Waals surface area contributed by atoms with Crippen molar-refractivity contribution in [2.75, 3.05) is 6.54 Å². The van der Waals surface area contributed by atoms with Crippen LogP contribution in [0.15, 0.2) is 65.8 Å². The van der Waals surface area contributed by atoms with Crippen molar-refractivity contribution in [3.8, 4) is 0 Å². The van der Waals surface area contributed by atoms with Crippen LogP contribution < -0.4 is 0 Å². The summed E-state index contributed by atoms with van der Waals surface area (Å²) in [6.07, 6.45) is 1.88. The lowest BCUT2D eigenvalue weighted by Gasteiger charge is -2.27. The molecule has 2 aromatic heterocycles. The fourth-order valence-corrected chi connectivity index (χ4v) is 5.68. The van der Waals surface area contributed by atoms with Gasteiger partial charge in [0.15, 0.2) is 5.17 Å². The molecule has 4 nitrogen and oxygen atoms in total. The van der Waals surface area contributed by atoms with Crippen LogP contribution in [0.1, 0.15) is 47.2 Å². The molecule has 5 rings (SSSR count). The Morgan fingerprint density at radius 3 is 2.62 bits per heavy atom.